The van der Waals surface area contributed by atoms with Gasteiger partial charge in [0.1, 0.15) is 12.4 Å². The van der Waals surface area contributed by atoms with Gasteiger partial charge in [-0.05, 0) is 37.5 Å². The first kappa shape index (κ1) is 14.4. The molecule has 1 N–H and O–H groups in total. The van der Waals surface area contributed by atoms with Crippen LogP contribution in [0.3, 0.4) is 0 Å². The minimum Gasteiger partial charge on any atom is -0.508 e. The third-order valence-electron chi connectivity index (χ3n) is 4.04. The molecular formula is C18H19NO3. The summed E-state index contributed by atoms with van der Waals surface area (Å²) in [5.41, 5.74) is 2.52. The molecule has 4 nitrogen and oxygen atoms in total. The summed E-state index contributed by atoms with van der Waals surface area (Å²) in [5, 5.41) is 9.97. The molecule has 1 atom stereocenters. The topological polar surface area (TPSA) is 49.8 Å². The quantitative estimate of drug-likeness (QED) is 0.915. The highest BCUT2D eigenvalue weighted by Gasteiger charge is 2.30. The van der Waals surface area contributed by atoms with Crippen LogP contribution < -0.4 is 4.90 Å². The van der Waals surface area contributed by atoms with Gasteiger partial charge in [0, 0.05) is 11.6 Å². The van der Waals surface area contributed by atoms with E-state index in [0.717, 1.165) is 29.7 Å². The summed E-state index contributed by atoms with van der Waals surface area (Å²) >= 11 is 0. The predicted octanol–water partition coefficient (Wildman–Crippen LogP) is 3.87. The number of hydrogen-bond acceptors (Lipinski definition) is 3. The second kappa shape index (κ2) is 6.10. The Hall–Kier alpha value is -2.49. The number of phenolic OH excluding ortho intramolecular Hbond substituents is 1. The van der Waals surface area contributed by atoms with Crippen molar-refractivity contribution in [2.24, 2.45) is 0 Å². The van der Waals surface area contributed by atoms with Crippen LogP contribution in [-0.4, -0.2) is 17.2 Å². The highest BCUT2D eigenvalue weighted by atomic mass is 16.6. The summed E-state index contributed by atoms with van der Waals surface area (Å²) in [6, 6.07) is 14.9. The van der Waals surface area contributed by atoms with Crippen LogP contribution in [0.25, 0.3) is 0 Å². The Balaban J connectivity index is 1.79. The number of fused-ring (bicyclic) bond motifs is 1. The van der Waals surface area contributed by atoms with Crippen molar-refractivity contribution in [2.75, 3.05) is 4.90 Å². The monoisotopic (exact) mass is 297 g/mol. The molecule has 4 heteroatoms. The average Bonchev–Trinajstić information content (AvgIpc) is 2.54. The second-order valence-corrected chi connectivity index (χ2v) is 5.57. The molecule has 0 bridgehead atoms. The van der Waals surface area contributed by atoms with Crippen molar-refractivity contribution >= 4 is 11.8 Å². The third kappa shape index (κ3) is 2.77. The SMILES string of the molecule is CC1CCc2c(O)cccc2N1C(=O)OCc1ccccc1. The maximum Gasteiger partial charge on any atom is 0.414 e. The van der Waals surface area contributed by atoms with Gasteiger partial charge in [-0.15, -0.1) is 0 Å². The molecule has 0 spiro atoms. The molecule has 2 aromatic carbocycles. The predicted molar refractivity (Wildman–Crippen MR) is 85.0 cm³/mol. The Morgan fingerprint density at radius 1 is 1.23 bits per heavy atom. The standard InChI is InChI=1S/C18H19NO3/c1-13-10-11-15-16(8-5-9-17(15)20)19(13)18(21)22-12-14-6-3-2-4-7-14/h2-9,13,20H,10-12H2,1H3. The molecule has 0 aliphatic carbocycles. The fraction of sp³-hybridized carbons (Fsp3) is 0.278. The number of carbonyl (C=O) groups excluding carboxylic acids is 1. The highest BCUT2D eigenvalue weighted by Crippen LogP contribution is 2.36. The van der Waals surface area contributed by atoms with E-state index in [1.807, 2.05) is 43.3 Å². The molecule has 114 valence electrons. The van der Waals surface area contributed by atoms with Gasteiger partial charge in [0.2, 0.25) is 0 Å². The van der Waals surface area contributed by atoms with E-state index < -0.39 is 0 Å². The molecule has 0 aromatic heterocycles. The van der Waals surface area contributed by atoms with Gasteiger partial charge in [-0.2, -0.15) is 0 Å². The lowest BCUT2D eigenvalue weighted by atomic mass is 9.96. The Morgan fingerprint density at radius 3 is 2.77 bits per heavy atom. The van der Waals surface area contributed by atoms with E-state index >= 15 is 0 Å². The lowest BCUT2D eigenvalue weighted by Crippen LogP contribution is -2.42. The summed E-state index contributed by atoms with van der Waals surface area (Å²) in [7, 11) is 0. The van der Waals surface area contributed by atoms with Gasteiger partial charge in [0.15, 0.2) is 0 Å². The largest absolute Gasteiger partial charge is 0.508 e. The van der Waals surface area contributed by atoms with Gasteiger partial charge >= 0.3 is 6.09 Å². The van der Waals surface area contributed by atoms with Gasteiger partial charge in [-0.1, -0.05) is 36.4 Å². The third-order valence-corrected chi connectivity index (χ3v) is 4.04. The number of aromatic hydroxyl groups is 1. The molecular weight excluding hydrogens is 278 g/mol. The molecule has 0 saturated heterocycles. The molecule has 22 heavy (non-hydrogen) atoms. The Kier molecular flexibility index (Phi) is 4.00. The van der Waals surface area contributed by atoms with Crippen molar-refractivity contribution in [3.05, 3.63) is 59.7 Å². The van der Waals surface area contributed by atoms with Crippen LogP contribution in [0.5, 0.6) is 5.75 Å². The first-order valence-corrected chi connectivity index (χ1v) is 7.47. The van der Waals surface area contributed by atoms with Crippen molar-refractivity contribution in [2.45, 2.75) is 32.4 Å². The molecule has 0 radical (unpaired) electrons. The normalized spacial score (nSPS) is 17.0. The summed E-state index contributed by atoms with van der Waals surface area (Å²) in [5.74, 6) is 0.241. The van der Waals surface area contributed by atoms with Crippen LogP contribution >= 0.6 is 0 Å². The maximum atomic E-state index is 12.5. The minimum atomic E-state index is -0.372. The zero-order valence-electron chi connectivity index (χ0n) is 12.5. The van der Waals surface area contributed by atoms with Crippen LogP contribution in [0, 0.1) is 0 Å². The maximum absolute atomic E-state index is 12.5. The second-order valence-electron chi connectivity index (χ2n) is 5.57. The number of ether oxygens (including phenoxy) is 1. The number of benzene rings is 2. The van der Waals surface area contributed by atoms with Crippen LogP contribution in [0.15, 0.2) is 48.5 Å². The molecule has 2 aromatic rings. The van der Waals surface area contributed by atoms with Crippen molar-refractivity contribution < 1.29 is 14.6 Å². The van der Waals surface area contributed by atoms with Gasteiger partial charge in [-0.25, -0.2) is 4.79 Å². The minimum absolute atomic E-state index is 0.0533. The zero-order chi connectivity index (χ0) is 15.5. The van der Waals surface area contributed by atoms with Crippen LogP contribution in [0.1, 0.15) is 24.5 Å². The van der Waals surface area contributed by atoms with Crippen molar-refractivity contribution in [3.63, 3.8) is 0 Å². The van der Waals surface area contributed by atoms with Gasteiger partial charge < -0.3 is 9.84 Å². The molecule has 1 unspecified atom stereocenters. The van der Waals surface area contributed by atoms with Crippen LogP contribution in [0.2, 0.25) is 0 Å². The number of anilines is 1. The Labute approximate surface area is 130 Å². The van der Waals surface area contributed by atoms with Crippen molar-refractivity contribution in [3.8, 4) is 5.75 Å². The van der Waals surface area contributed by atoms with E-state index in [1.54, 1.807) is 17.0 Å². The van der Waals surface area contributed by atoms with E-state index in [0.29, 0.717) is 0 Å². The number of amides is 1. The van der Waals surface area contributed by atoms with Crippen molar-refractivity contribution in [1.29, 1.82) is 0 Å². The number of nitrogens with zero attached hydrogens (tertiary/aromatic N) is 1. The van der Waals surface area contributed by atoms with E-state index in [-0.39, 0.29) is 24.5 Å². The van der Waals surface area contributed by atoms with Gasteiger partial charge in [0.05, 0.1) is 5.69 Å². The Morgan fingerprint density at radius 2 is 2.00 bits per heavy atom. The van der Waals surface area contributed by atoms with Gasteiger partial charge in [0.25, 0.3) is 0 Å². The summed E-state index contributed by atoms with van der Waals surface area (Å²) in [6.45, 7) is 2.24. The molecule has 1 amide bonds. The summed E-state index contributed by atoms with van der Waals surface area (Å²) < 4.78 is 5.44. The Bertz CT molecular complexity index is 669. The first-order valence-electron chi connectivity index (χ1n) is 7.47. The molecule has 1 heterocycles. The number of carbonyl (C=O) groups is 1. The average molecular weight is 297 g/mol. The molecule has 0 saturated carbocycles. The van der Waals surface area contributed by atoms with E-state index in [9.17, 15) is 9.90 Å². The van der Waals surface area contributed by atoms with E-state index in [1.165, 1.54) is 0 Å². The lowest BCUT2D eigenvalue weighted by molar-refractivity contribution is 0.144. The number of phenols is 1. The van der Waals surface area contributed by atoms with Gasteiger partial charge in [-0.3, -0.25) is 4.90 Å². The van der Waals surface area contributed by atoms with Crippen molar-refractivity contribution in [1.82, 2.24) is 0 Å². The summed E-state index contributed by atoms with van der Waals surface area (Å²) in [6.07, 6.45) is 1.21. The molecule has 1 aliphatic heterocycles. The lowest BCUT2D eigenvalue weighted by Gasteiger charge is -2.34. The van der Waals surface area contributed by atoms with Crippen LogP contribution in [0.4, 0.5) is 10.5 Å². The smallest absolute Gasteiger partial charge is 0.414 e. The molecule has 1 aliphatic rings. The van der Waals surface area contributed by atoms with E-state index in [2.05, 4.69) is 0 Å². The molecule has 3 rings (SSSR count). The number of hydrogen-bond donors (Lipinski definition) is 1. The fourth-order valence-electron chi connectivity index (χ4n) is 2.83. The summed E-state index contributed by atoms with van der Waals surface area (Å²) in [4.78, 5) is 14.1. The highest BCUT2D eigenvalue weighted by molar-refractivity contribution is 5.90. The van der Waals surface area contributed by atoms with E-state index in [4.69, 9.17) is 4.74 Å². The first-order chi connectivity index (χ1) is 10.7. The number of rotatable bonds is 2. The molecule has 0 fully saturated rings. The zero-order valence-corrected chi connectivity index (χ0v) is 12.5. The van der Waals surface area contributed by atoms with Crippen LogP contribution in [-0.2, 0) is 17.8 Å². The fourth-order valence-corrected chi connectivity index (χ4v) is 2.83.